The number of fused-ring (bicyclic) bond motifs is 2. The molecular formula is C22H31N3O. The van der Waals surface area contributed by atoms with Crippen LogP contribution in [0.3, 0.4) is 0 Å². The van der Waals surface area contributed by atoms with E-state index >= 15 is 0 Å². The summed E-state index contributed by atoms with van der Waals surface area (Å²) in [5, 5.41) is 1.13. The van der Waals surface area contributed by atoms with Gasteiger partial charge in [0.25, 0.3) is 5.56 Å². The van der Waals surface area contributed by atoms with Gasteiger partial charge in [-0.3, -0.25) is 9.69 Å². The molecule has 2 aromatic rings. The largest absolute Gasteiger partial charge is 0.322 e. The van der Waals surface area contributed by atoms with Crippen molar-refractivity contribution in [3.05, 3.63) is 45.7 Å². The quantitative estimate of drug-likeness (QED) is 0.916. The second-order valence-electron chi connectivity index (χ2n) is 8.86. The molecule has 4 atom stereocenters. The lowest BCUT2D eigenvalue weighted by molar-refractivity contribution is 0.211. The smallest absolute Gasteiger partial charge is 0.252 e. The van der Waals surface area contributed by atoms with Crippen LogP contribution in [0.15, 0.2) is 29.1 Å². The lowest BCUT2D eigenvalue weighted by atomic mass is 10.0. The van der Waals surface area contributed by atoms with Crippen molar-refractivity contribution in [1.29, 1.82) is 0 Å². The van der Waals surface area contributed by atoms with Gasteiger partial charge in [-0.2, -0.15) is 0 Å². The van der Waals surface area contributed by atoms with Crippen LogP contribution in [0.4, 0.5) is 0 Å². The Morgan fingerprint density at radius 2 is 1.65 bits per heavy atom. The Kier molecular flexibility index (Phi) is 4.66. The van der Waals surface area contributed by atoms with Gasteiger partial charge in [-0.25, -0.2) is 0 Å². The van der Waals surface area contributed by atoms with Crippen molar-refractivity contribution in [3.8, 4) is 0 Å². The van der Waals surface area contributed by atoms with Crippen molar-refractivity contribution in [2.75, 3.05) is 21.1 Å². The number of aryl methyl sites for hydroxylation is 1. The van der Waals surface area contributed by atoms with Gasteiger partial charge in [-0.15, -0.1) is 0 Å². The van der Waals surface area contributed by atoms with E-state index in [0.29, 0.717) is 6.04 Å². The first-order valence-electron chi connectivity index (χ1n) is 9.90. The Morgan fingerprint density at radius 1 is 1.00 bits per heavy atom. The maximum Gasteiger partial charge on any atom is 0.252 e. The number of aromatic amines is 1. The van der Waals surface area contributed by atoms with Crippen molar-refractivity contribution < 1.29 is 0 Å². The van der Waals surface area contributed by atoms with Gasteiger partial charge in [0.15, 0.2) is 0 Å². The van der Waals surface area contributed by atoms with E-state index < -0.39 is 0 Å². The highest BCUT2D eigenvalue weighted by atomic mass is 16.1. The zero-order chi connectivity index (χ0) is 18.4. The zero-order valence-electron chi connectivity index (χ0n) is 16.5. The van der Waals surface area contributed by atoms with Crippen LogP contribution in [-0.4, -0.2) is 48.0 Å². The van der Waals surface area contributed by atoms with E-state index in [1.54, 1.807) is 0 Å². The van der Waals surface area contributed by atoms with Gasteiger partial charge in [0.1, 0.15) is 0 Å². The van der Waals surface area contributed by atoms with Crippen molar-refractivity contribution in [2.45, 2.75) is 51.2 Å². The maximum absolute atomic E-state index is 12.5. The molecule has 1 N–H and O–H groups in total. The van der Waals surface area contributed by atoms with Crippen molar-refractivity contribution in [1.82, 2.24) is 14.8 Å². The average molecular weight is 354 g/mol. The number of benzene rings is 1. The zero-order valence-corrected chi connectivity index (χ0v) is 16.5. The van der Waals surface area contributed by atoms with E-state index in [2.05, 4.69) is 55.0 Å². The van der Waals surface area contributed by atoms with Crippen LogP contribution in [-0.2, 0) is 6.54 Å². The van der Waals surface area contributed by atoms with Crippen LogP contribution in [0, 0.1) is 18.8 Å². The van der Waals surface area contributed by atoms with E-state index in [4.69, 9.17) is 0 Å². The first kappa shape index (κ1) is 17.7. The van der Waals surface area contributed by atoms with Crippen LogP contribution in [0.25, 0.3) is 10.9 Å². The van der Waals surface area contributed by atoms with Crippen molar-refractivity contribution in [2.24, 2.45) is 11.8 Å². The lowest BCUT2D eigenvalue weighted by Crippen LogP contribution is -2.33. The summed E-state index contributed by atoms with van der Waals surface area (Å²) >= 11 is 0. The number of H-pyrrole nitrogens is 1. The average Bonchev–Trinajstić information content (AvgIpc) is 3.15. The van der Waals surface area contributed by atoms with Crippen LogP contribution in [0.5, 0.6) is 0 Å². The molecule has 2 fully saturated rings. The third-order valence-electron chi connectivity index (χ3n) is 6.82. The molecule has 0 radical (unpaired) electrons. The lowest BCUT2D eigenvalue weighted by Gasteiger charge is -2.26. The molecule has 2 unspecified atom stereocenters. The van der Waals surface area contributed by atoms with E-state index in [9.17, 15) is 4.79 Å². The van der Waals surface area contributed by atoms with Crippen molar-refractivity contribution in [3.63, 3.8) is 0 Å². The normalized spacial score (nSPS) is 28.4. The molecule has 0 saturated heterocycles. The molecule has 2 aliphatic rings. The third kappa shape index (κ3) is 3.33. The summed E-state index contributed by atoms with van der Waals surface area (Å²) < 4.78 is 0. The molecule has 1 aromatic heterocycles. The first-order chi connectivity index (χ1) is 12.4. The van der Waals surface area contributed by atoms with E-state index in [-0.39, 0.29) is 5.56 Å². The number of hydrogen-bond donors (Lipinski definition) is 1. The van der Waals surface area contributed by atoms with Gasteiger partial charge >= 0.3 is 0 Å². The number of nitrogens with zero attached hydrogens (tertiary/aromatic N) is 2. The summed E-state index contributed by atoms with van der Waals surface area (Å²) in [6.07, 6.45) is 5.27. The molecule has 0 aliphatic heterocycles. The summed E-state index contributed by atoms with van der Waals surface area (Å²) in [5.74, 6) is 1.74. The molecule has 0 spiro atoms. The summed E-state index contributed by atoms with van der Waals surface area (Å²) in [7, 11) is 6.61. The van der Waals surface area contributed by atoms with Gasteiger partial charge < -0.3 is 9.88 Å². The molecule has 2 saturated carbocycles. The Bertz CT molecular complexity index is 842. The van der Waals surface area contributed by atoms with E-state index in [0.717, 1.165) is 40.9 Å². The maximum atomic E-state index is 12.5. The first-order valence-corrected chi connectivity index (χ1v) is 9.90. The second kappa shape index (κ2) is 6.82. The molecule has 4 heteroatoms. The fraction of sp³-hybridized carbons (Fsp3) is 0.591. The Labute approximate surface area is 156 Å². The van der Waals surface area contributed by atoms with Gasteiger partial charge in [0, 0.05) is 29.7 Å². The third-order valence-corrected chi connectivity index (χ3v) is 6.82. The van der Waals surface area contributed by atoms with E-state index in [1.165, 1.54) is 31.2 Å². The summed E-state index contributed by atoms with van der Waals surface area (Å²) in [5.41, 5.74) is 3.09. The number of aromatic nitrogens is 1. The predicted molar refractivity (Wildman–Crippen MR) is 107 cm³/mol. The predicted octanol–water partition coefficient (Wildman–Crippen LogP) is 3.39. The summed E-state index contributed by atoms with van der Waals surface area (Å²) in [4.78, 5) is 20.4. The molecule has 2 aliphatic carbocycles. The number of pyridine rings is 1. The summed E-state index contributed by atoms with van der Waals surface area (Å²) in [6.45, 7) is 2.83. The molecule has 4 nitrogen and oxygen atoms in total. The van der Waals surface area contributed by atoms with Crippen LogP contribution in [0.1, 0.15) is 36.8 Å². The molecule has 4 rings (SSSR count). The molecule has 1 heterocycles. The van der Waals surface area contributed by atoms with Crippen LogP contribution in [0.2, 0.25) is 0 Å². The van der Waals surface area contributed by atoms with Gasteiger partial charge in [-0.1, -0.05) is 11.6 Å². The van der Waals surface area contributed by atoms with Gasteiger partial charge in [0.05, 0.1) is 0 Å². The molecule has 0 bridgehead atoms. The summed E-state index contributed by atoms with van der Waals surface area (Å²) in [6, 6.07) is 9.65. The van der Waals surface area contributed by atoms with Gasteiger partial charge in [-0.05, 0) is 89.2 Å². The Morgan fingerprint density at radius 3 is 2.31 bits per heavy atom. The van der Waals surface area contributed by atoms with Crippen LogP contribution < -0.4 is 5.56 Å². The molecule has 1 aromatic carbocycles. The highest BCUT2D eigenvalue weighted by Gasteiger charge is 2.43. The standard InChI is InChI=1S/C22H31N3O/c1-14-5-6-21-17(7-14)8-18(22(26)23-21)13-25(4)20-11-15-9-19(24(2)3)10-16(15)12-20/h5-8,15-16,19-20H,9-13H2,1-4H3,(H,23,26)/t15-,16+,19?,20?. The monoisotopic (exact) mass is 353 g/mol. The SMILES string of the molecule is Cc1ccc2[nH]c(=O)c(CN(C)C3C[C@H]4CC(N(C)C)C[C@H]4C3)cc2c1. The number of rotatable bonds is 4. The Balaban J connectivity index is 1.46. The molecule has 0 amide bonds. The Hall–Kier alpha value is -1.65. The van der Waals surface area contributed by atoms with E-state index in [1.807, 2.05) is 12.1 Å². The second-order valence-corrected chi connectivity index (χ2v) is 8.86. The minimum atomic E-state index is 0.0547. The fourth-order valence-corrected chi connectivity index (χ4v) is 5.22. The highest BCUT2D eigenvalue weighted by Crippen LogP contribution is 2.46. The number of hydrogen-bond acceptors (Lipinski definition) is 3. The molecular weight excluding hydrogens is 322 g/mol. The minimum Gasteiger partial charge on any atom is -0.322 e. The van der Waals surface area contributed by atoms with Crippen molar-refractivity contribution >= 4 is 10.9 Å². The molecule has 140 valence electrons. The highest BCUT2D eigenvalue weighted by molar-refractivity contribution is 5.79. The number of nitrogens with one attached hydrogen (secondary N) is 1. The minimum absolute atomic E-state index is 0.0547. The fourth-order valence-electron chi connectivity index (χ4n) is 5.22. The topological polar surface area (TPSA) is 39.3 Å². The van der Waals surface area contributed by atoms with Crippen LogP contribution >= 0.6 is 0 Å². The molecule has 26 heavy (non-hydrogen) atoms. The van der Waals surface area contributed by atoms with Gasteiger partial charge in [0.2, 0.25) is 0 Å².